The molecule has 0 aromatic carbocycles. The molecule has 0 saturated heterocycles. The van der Waals surface area contributed by atoms with Crippen molar-refractivity contribution < 1.29 is 29.4 Å². The summed E-state index contributed by atoms with van der Waals surface area (Å²) in [5.41, 5.74) is 16.3. The second-order valence-corrected chi connectivity index (χ2v) is 8.24. The summed E-state index contributed by atoms with van der Waals surface area (Å²) in [6.07, 6.45) is 1.18. The largest absolute Gasteiger partial charge is 0.480 e. The van der Waals surface area contributed by atoms with Crippen molar-refractivity contribution in [3.05, 3.63) is 0 Å². The second-order valence-electron chi connectivity index (χ2n) is 8.24. The van der Waals surface area contributed by atoms with E-state index in [9.17, 15) is 29.4 Å². The summed E-state index contributed by atoms with van der Waals surface area (Å²) in [4.78, 5) is 52.9. The number of rotatable bonds is 15. The standard InChI is InChI=1S/C20H39N7O6/c1-5-11(4)15(18(31)26-14(10(2)3)19(32)33)27-17(30)13(9-28)25-16(29)12(21)7-6-8-24-20(22)23/h10-15,28H,5-9,21H2,1-4H3,(H,25,29)(H,26,31)(H,27,30)(H,32,33)(H4,22,23,24). The molecule has 0 fully saturated rings. The van der Waals surface area contributed by atoms with E-state index in [0.717, 1.165) is 0 Å². The number of aliphatic carboxylic acids is 1. The first-order valence-corrected chi connectivity index (χ1v) is 10.9. The van der Waals surface area contributed by atoms with Gasteiger partial charge in [-0.15, -0.1) is 0 Å². The number of carboxylic acid groups (broad SMARTS) is 1. The van der Waals surface area contributed by atoms with E-state index in [-0.39, 0.29) is 30.8 Å². The molecule has 0 rings (SSSR count). The van der Waals surface area contributed by atoms with Gasteiger partial charge in [0.15, 0.2) is 5.96 Å². The number of hydrogen-bond donors (Lipinski definition) is 8. The molecule has 0 aliphatic carbocycles. The van der Waals surface area contributed by atoms with Crippen molar-refractivity contribution in [3.63, 3.8) is 0 Å². The van der Waals surface area contributed by atoms with Crippen LogP contribution in [0.5, 0.6) is 0 Å². The number of aliphatic hydroxyl groups is 1. The molecule has 11 N–H and O–H groups in total. The van der Waals surface area contributed by atoms with Crippen LogP contribution >= 0.6 is 0 Å². The van der Waals surface area contributed by atoms with Gasteiger partial charge in [0.25, 0.3) is 0 Å². The number of amides is 3. The van der Waals surface area contributed by atoms with Gasteiger partial charge in [-0.2, -0.15) is 0 Å². The van der Waals surface area contributed by atoms with Gasteiger partial charge < -0.3 is 43.4 Å². The van der Waals surface area contributed by atoms with E-state index in [2.05, 4.69) is 20.9 Å². The van der Waals surface area contributed by atoms with Crippen LogP contribution in [0.4, 0.5) is 0 Å². The van der Waals surface area contributed by atoms with E-state index in [0.29, 0.717) is 12.8 Å². The van der Waals surface area contributed by atoms with Crippen LogP contribution in [-0.2, 0) is 19.2 Å². The van der Waals surface area contributed by atoms with Crippen molar-refractivity contribution in [2.75, 3.05) is 13.2 Å². The molecule has 0 aliphatic rings. The van der Waals surface area contributed by atoms with Gasteiger partial charge in [0, 0.05) is 6.54 Å². The zero-order valence-corrected chi connectivity index (χ0v) is 19.7. The highest BCUT2D eigenvalue weighted by atomic mass is 16.4. The highest BCUT2D eigenvalue weighted by molar-refractivity contribution is 5.94. The third-order valence-corrected chi connectivity index (χ3v) is 5.14. The SMILES string of the molecule is CCC(C)C(NC(=O)C(CO)NC(=O)C(N)CCCN=C(N)N)C(=O)NC(C(=O)O)C(C)C. The van der Waals surface area contributed by atoms with Gasteiger partial charge in [0.1, 0.15) is 18.1 Å². The maximum atomic E-state index is 12.7. The summed E-state index contributed by atoms with van der Waals surface area (Å²) in [5.74, 6) is -4.12. The van der Waals surface area contributed by atoms with Crippen molar-refractivity contribution in [3.8, 4) is 0 Å². The first kappa shape index (κ1) is 30.1. The highest BCUT2D eigenvalue weighted by Crippen LogP contribution is 2.10. The molecule has 5 atom stereocenters. The zero-order valence-electron chi connectivity index (χ0n) is 19.7. The lowest BCUT2D eigenvalue weighted by atomic mass is 9.96. The molecule has 0 radical (unpaired) electrons. The fourth-order valence-electron chi connectivity index (χ4n) is 2.84. The quantitative estimate of drug-likeness (QED) is 0.0717. The van der Waals surface area contributed by atoms with E-state index >= 15 is 0 Å². The first-order chi connectivity index (χ1) is 15.3. The minimum absolute atomic E-state index is 0.0759. The highest BCUT2D eigenvalue weighted by Gasteiger charge is 2.33. The summed E-state index contributed by atoms with van der Waals surface area (Å²) < 4.78 is 0. The number of carbonyl (C=O) groups is 4. The molecule has 0 aliphatic heterocycles. The number of carbonyl (C=O) groups excluding carboxylic acids is 3. The monoisotopic (exact) mass is 473 g/mol. The van der Waals surface area contributed by atoms with Crippen LogP contribution < -0.4 is 33.2 Å². The minimum Gasteiger partial charge on any atom is -0.480 e. The van der Waals surface area contributed by atoms with Crippen LogP contribution in [0, 0.1) is 11.8 Å². The third kappa shape index (κ3) is 11.0. The molecule has 13 nitrogen and oxygen atoms in total. The molecule has 33 heavy (non-hydrogen) atoms. The topological polar surface area (TPSA) is 235 Å². The van der Waals surface area contributed by atoms with E-state index in [4.69, 9.17) is 17.2 Å². The molecule has 13 heteroatoms. The third-order valence-electron chi connectivity index (χ3n) is 5.14. The van der Waals surface area contributed by atoms with Crippen LogP contribution in [-0.4, -0.2) is 77.2 Å². The van der Waals surface area contributed by atoms with Crippen LogP contribution in [0.3, 0.4) is 0 Å². The van der Waals surface area contributed by atoms with Crippen molar-refractivity contribution in [1.29, 1.82) is 0 Å². The Bertz CT molecular complexity index is 696. The summed E-state index contributed by atoms with van der Waals surface area (Å²) in [6, 6.07) is -4.51. The Balaban J connectivity index is 5.17. The summed E-state index contributed by atoms with van der Waals surface area (Å²) in [5, 5.41) is 26.2. The van der Waals surface area contributed by atoms with E-state index in [1.807, 2.05) is 0 Å². The maximum absolute atomic E-state index is 12.7. The number of hydrogen-bond acceptors (Lipinski definition) is 7. The molecule has 0 spiro atoms. The predicted octanol–water partition coefficient (Wildman–Crippen LogP) is -2.40. The second kappa shape index (κ2) is 15.0. The summed E-state index contributed by atoms with van der Waals surface area (Å²) in [7, 11) is 0. The van der Waals surface area contributed by atoms with Crippen molar-refractivity contribution in [2.45, 2.75) is 71.1 Å². The lowest BCUT2D eigenvalue weighted by molar-refractivity contribution is -0.144. The number of aliphatic hydroxyl groups excluding tert-OH is 1. The number of nitrogens with one attached hydrogen (secondary N) is 3. The average Bonchev–Trinajstić information content (AvgIpc) is 2.74. The van der Waals surface area contributed by atoms with E-state index < -0.39 is 54.5 Å². The van der Waals surface area contributed by atoms with Gasteiger partial charge in [-0.25, -0.2) is 4.79 Å². The fourth-order valence-corrected chi connectivity index (χ4v) is 2.84. The molecule has 0 bridgehead atoms. The van der Waals surface area contributed by atoms with Crippen molar-refractivity contribution in [2.24, 2.45) is 34.0 Å². The lowest BCUT2D eigenvalue weighted by Gasteiger charge is -2.28. The Labute approximate surface area is 193 Å². The smallest absolute Gasteiger partial charge is 0.326 e. The van der Waals surface area contributed by atoms with Crippen LogP contribution in [0.2, 0.25) is 0 Å². The number of nitrogens with two attached hydrogens (primary N) is 3. The van der Waals surface area contributed by atoms with Gasteiger partial charge in [0.2, 0.25) is 17.7 Å². The Morgan fingerprint density at radius 2 is 1.52 bits per heavy atom. The van der Waals surface area contributed by atoms with Crippen LogP contribution in [0.15, 0.2) is 4.99 Å². The molecule has 0 aromatic heterocycles. The molecular weight excluding hydrogens is 434 g/mol. The number of nitrogens with zero attached hydrogens (tertiary/aromatic N) is 1. The van der Waals surface area contributed by atoms with Crippen LogP contribution in [0.1, 0.15) is 47.0 Å². The van der Waals surface area contributed by atoms with Gasteiger partial charge in [-0.1, -0.05) is 34.1 Å². The molecule has 5 unspecified atom stereocenters. The summed E-state index contributed by atoms with van der Waals surface area (Å²) >= 11 is 0. The molecule has 0 heterocycles. The molecular formula is C20H39N7O6. The average molecular weight is 474 g/mol. The lowest BCUT2D eigenvalue weighted by Crippen LogP contribution is -2.59. The Hall–Kier alpha value is -2.93. The molecule has 3 amide bonds. The molecule has 0 aromatic rings. The predicted molar refractivity (Wildman–Crippen MR) is 123 cm³/mol. The number of guanidine groups is 1. The van der Waals surface area contributed by atoms with Crippen molar-refractivity contribution >= 4 is 29.7 Å². The summed E-state index contributed by atoms with van der Waals surface area (Å²) in [6.45, 7) is 6.38. The number of aliphatic imine (C=N–C) groups is 1. The van der Waals surface area contributed by atoms with E-state index in [1.54, 1.807) is 27.7 Å². The zero-order chi connectivity index (χ0) is 25.7. The van der Waals surface area contributed by atoms with Gasteiger partial charge >= 0.3 is 5.97 Å². The molecule has 190 valence electrons. The van der Waals surface area contributed by atoms with E-state index in [1.165, 1.54) is 0 Å². The van der Waals surface area contributed by atoms with Gasteiger partial charge in [-0.3, -0.25) is 19.4 Å². The van der Waals surface area contributed by atoms with Crippen molar-refractivity contribution in [1.82, 2.24) is 16.0 Å². The minimum atomic E-state index is -1.35. The fraction of sp³-hybridized carbons (Fsp3) is 0.750. The molecule has 0 saturated carbocycles. The van der Waals surface area contributed by atoms with Crippen LogP contribution in [0.25, 0.3) is 0 Å². The Kier molecular flexibility index (Phi) is 13.7. The number of carboxylic acids is 1. The maximum Gasteiger partial charge on any atom is 0.326 e. The first-order valence-electron chi connectivity index (χ1n) is 10.9. The Morgan fingerprint density at radius 1 is 0.939 bits per heavy atom. The van der Waals surface area contributed by atoms with Gasteiger partial charge in [-0.05, 0) is 24.7 Å². The van der Waals surface area contributed by atoms with Gasteiger partial charge in [0.05, 0.1) is 12.6 Å². The normalized spacial score (nSPS) is 15.5. The Morgan fingerprint density at radius 3 is 1.97 bits per heavy atom.